The molecule has 0 N–H and O–H groups in total. The lowest BCUT2D eigenvalue weighted by molar-refractivity contribution is 1.23. The third-order valence-electron chi connectivity index (χ3n) is 4.47. The van der Waals surface area contributed by atoms with Gasteiger partial charge in [0.05, 0.1) is 16.8 Å². The molecular formula is C24H22N2S. The summed E-state index contributed by atoms with van der Waals surface area (Å²) in [5.41, 5.74) is 4.20. The van der Waals surface area contributed by atoms with Crippen molar-refractivity contribution in [1.29, 1.82) is 5.26 Å². The highest BCUT2D eigenvalue weighted by Gasteiger charge is 2.19. The number of aryl methyl sites for hydroxylation is 1. The summed E-state index contributed by atoms with van der Waals surface area (Å²) >= 11 is 1.59. The van der Waals surface area contributed by atoms with Crippen LogP contribution in [0.15, 0.2) is 84.9 Å². The molecule has 0 radical (unpaired) electrons. The van der Waals surface area contributed by atoms with Crippen molar-refractivity contribution in [2.24, 2.45) is 0 Å². The molecule has 0 unspecified atom stereocenters. The predicted molar refractivity (Wildman–Crippen MR) is 118 cm³/mol. The minimum Gasteiger partial charge on any atom is -0.305 e. The summed E-state index contributed by atoms with van der Waals surface area (Å²) in [4.78, 5) is 2.12. The first-order chi connectivity index (χ1) is 13.1. The minimum absolute atomic E-state index is 0.490. The summed E-state index contributed by atoms with van der Waals surface area (Å²) in [5, 5.41) is 12.1. The number of fused-ring (bicyclic) bond motifs is 1. The molecule has 0 aliphatic rings. The molecule has 0 atom stereocenters. The van der Waals surface area contributed by atoms with Crippen molar-refractivity contribution in [2.75, 3.05) is 10.7 Å². The predicted octanol–water partition coefficient (Wildman–Crippen LogP) is 6.74. The van der Waals surface area contributed by atoms with Crippen LogP contribution in [-0.2, 0) is 0 Å². The maximum Gasteiger partial charge on any atom is 0.0726 e. The van der Waals surface area contributed by atoms with E-state index in [0.717, 1.165) is 27.4 Å². The van der Waals surface area contributed by atoms with Gasteiger partial charge in [0.15, 0.2) is 0 Å². The fourth-order valence-corrected chi connectivity index (χ4v) is 3.90. The summed E-state index contributed by atoms with van der Waals surface area (Å²) in [7, 11) is 0. The highest BCUT2D eigenvalue weighted by Crippen LogP contribution is 2.38. The van der Waals surface area contributed by atoms with Crippen molar-refractivity contribution >= 4 is 33.9 Å². The third kappa shape index (κ3) is 4.07. The molecule has 0 saturated carbocycles. The van der Waals surface area contributed by atoms with E-state index in [1.165, 1.54) is 10.9 Å². The second-order valence-electron chi connectivity index (χ2n) is 6.25. The zero-order valence-corrected chi connectivity index (χ0v) is 16.3. The van der Waals surface area contributed by atoms with Gasteiger partial charge >= 0.3 is 0 Å². The van der Waals surface area contributed by atoms with E-state index >= 15 is 0 Å². The highest BCUT2D eigenvalue weighted by molar-refractivity contribution is 8.03. The van der Waals surface area contributed by atoms with E-state index in [2.05, 4.69) is 73.5 Å². The number of hydrogen-bond donors (Lipinski definition) is 0. The van der Waals surface area contributed by atoms with Crippen molar-refractivity contribution in [1.82, 2.24) is 0 Å². The van der Waals surface area contributed by atoms with E-state index in [9.17, 15) is 0 Å². The number of nitriles is 1. The molecule has 0 aromatic heterocycles. The first-order valence-electron chi connectivity index (χ1n) is 8.85. The van der Waals surface area contributed by atoms with Crippen molar-refractivity contribution in [3.63, 3.8) is 0 Å². The van der Waals surface area contributed by atoms with Crippen molar-refractivity contribution in [3.05, 3.63) is 96.0 Å². The number of thioether (sulfide) groups is 1. The molecule has 0 fully saturated rings. The van der Waals surface area contributed by atoms with Crippen molar-refractivity contribution in [2.45, 2.75) is 13.3 Å². The van der Waals surface area contributed by atoms with Gasteiger partial charge in [0.25, 0.3) is 0 Å². The number of hydrogen-bond acceptors (Lipinski definition) is 3. The molecular weight excluding hydrogens is 348 g/mol. The van der Waals surface area contributed by atoms with E-state index in [4.69, 9.17) is 5.26 Å². The Morgan fingerprint density at radius 3 is 2.48 bits per heavy atom. The molecule has 3 aromatic carbocycles. The van der Waals surface area contributed by atoms with Gasteiger partial charge in [-0.25, -0.2) is 0 Å². The monoisotopic (exact) mass is 370 g/mol. The summed E-state index contributed by atoms with van der Waals surface area (Å²) in [6.07, 6.45) is 0.490. The summed E-state index contributed by atoms with van der Waals surface area (Å²) < 4.78 is 0. The second kappa shape index (κ2) is 8.62. The first kappa shape index (κ1) is 18.8. The molecule has 27 heavy (non-hydrogen) atoms. The Kier molecular flexibility index (Phi) is 6.01. The molecule has 0 amide bonds. The van der Waals surface area contributed by atoms with Crippen LogP contribution < -0.4 is 4.90 Å². The summed E-state index contributed by atoms with van der Waals surface area (Å²) in [6.45, 7) is 10.8. The molecule has 134 valence electrons. The van der Waals surface area contributed by atoms with E-state index < -0.39 is 0 Å². The zero-order valence-electron chi connectivity index (χ0n) is 15.5. The lowest BCUT2D eigenvalue weighted by atomic mass is 10.0. The van der Waals surface area contributed by atoms with Crippen LogP contribution in [0, 0.1) is 18.3 Å². The maximum atomic E-state index is 8.88. The first-order valence-corrected chi connectivity index (χ1v) is 9.83. The van der Waals surface area contributed by atoms with E-state index in [-0.39, 0.29) is 0 Å². The Morgan fingerprint density at radius 2 is 1.70 bits per heavy atom. The van der Waals surface area contributed by atoms with Crippen LogP contribution in [0.2, 0.25) is 0 Å². The number of anilines is 1. The van der Waals surface area contributed by atoms with E-state index in [0.29, 0.717) is 12.2 Å². The van der Waals surface area contributed by atoms with Crippen LogP contribution in [0.1, 0.15) is 17.5 Å². The molecule has 0 heterocycles. The van der Waals surface area contributed by atoms with Gasteiger partial charge in [-0.3, -0.25) is 0 Å². The largest absolute Gasteiger partial charge is 0.305 e. The molecule has 0 saturated heterocycles. The molecule has 3 heteroatoms. The van der Waals surface area contributed by atoms with Crippen LogP contribution in [0.3, 0.4) is 0 Å². The molecule has 0 aliphatic carbocycles. The Morgan fingerprint density at radius 1 is 1.00 bits per heavy atom. The van der Waals surface area contributed by atoms with Crippen LogP contribution in [-0.4, -0.2) is 5.75 Å². The van der Waals surface area contributed by atoms with Gasteiger partial charge in [0.1, 0.15) is 0 Å². The number of nitrogens with zero attached hydrogens (tertiary/aromatic N) is 2. The van der Waals surface area contributed by atoms with Gasteiger partial charge in [-0.05, 0) is 23.9 Å². The van der Waals surface area contributed by atoms with Crippen LogP contribution in [0.25, 0.3) is 16.5 Å². The Balaban J connectivity index is 2.10. The normalized spacial score (nSPS) is 10.4. The van der Waals surface area contributed by atoms with E-state index in [1.807, 2.05) is 24.3 Å². The van der Waals surface area contributed by atoms with Gasteiger partial charge in [0.2, 0.25) is 0 Å². The van der Waals surface area contributed by atoms with Crippen molar-refractivity contribution < 1.29 is 0 Å². The number of benzene rings is 3. The van der Waals surface area contributed by atoms with Crippen LogP contribution in [0.4, 0.5) is 5.69 Å². The van der Waals surface area contributed by atoms with Crippen LogP contribution in [0.5, 0.6) is 0 Å². The van der Waals surface area contributed by atoms with Gasteiger partial charge in [0, 0.05) is 28.8 Å². The lowest BCUT2D eigenvalue weighted by Crippen LogP contribution is -2.19. The third-order valence-corrected chi connectivity index (χ3v) is 5.39. The molecule has 3 aromatic rings. The summed E-state index contributed by atoms with van der Waals surface area (Å²) in [6, 6.07) is 25.0. The minimum atomic E-state index is 0.490. The molecule has 3 rings (SSSR count). The Bertz CT molecular complexity index is 1020. The highest BCUT2D eigenvalue weighted by atomic mass is 32.2. The summed E-state index contributed by atoms with van der Waals surface area (Å²) in [5.74, 6) is 0.706. The smallest absolute Gasteiger partial charge is 0.0726 e. The standard InChI is InChI=1S/C24H22N2S/c1-18-10-4-6-13-22(18)19(2)26(20(3)27-17-9-16-25)24-15-8-12-21-11-5-7-14-23(21)24/h4-8,10-15H,2-3,9,17H2,1H3. The Labute approximate surface area is 165 Å². The maximum absolute atomic E-state index is 8.88. The van der Waals surface area contributed by atoms with Gasteiger partial charge < -0.3 is 4.90 Å². The lowest BCUT2D eigenvalue weighted by Gasteiger charge is -2.30. The average molecular weight is 371 g/mol. The fraction of sp³-hybridized carbons (Fsp3) is 0.125. The molecule has 0 aliphatic heterocycles. The molecule has 0 spiro atoms. The zero-order chi connectivity index (χ0) is 19.2. The van der Waals surface area contributed by atoms with Gasteiger partial charge in [-0.2, -0.15) is 5.26 Å². The second-order valence-corrected chi connectivity index (χ2v) is 7.41. The fourth-order valence-electron chi connectivity index (χ4n) is 3.13. The van der Waals surface area contributed by atoms with Gasteiger partial charge in [-0.15, -0.1) is 11.8 Å². The van der Waals surface area contributed by atoms with Gasteiger partial charge in [-0.1, -0.05) is 73.8 Å². The SMILES string of the molecule is C=C(SCCC#N)N(C(=C)c1ccccc1C)c1cccc2ccccc12. The van der Waals surface area contributed by atoms with Crippen molar-refractivity contribution in [3.8, 4) is 6.07 Å². The number of rotatable bonds is 7. The van der Waals surface area contributed by atoms with E-state index in [1.54, 1.807) is 11.8 Å². The quantitative estimate of drug-likeness (QED) is 0.431. The Hall–Kier alpha value is -2.96. The van der Waals surface area contributed by atoms with Crippen LogP contribution >= 0.6 is 11.8 Å². The topological polar surface area (TPSA) is 27.0 Å². The average Bonchev–Trinajstić information content (AvgIpc) is 2.69. The molecule has 2 nitrogen and oxygen atoms in total. The molecule has 0 bridgehead atoms.